The maximum Gasteiger partial charge on any atom is 0.384 e. The van der Waals surface area contributed by atoms with Crippen LogP contribution >= 0.6 is 0 Å². The van der Waals surface area contributed by atoms with Gasteiger partial charge in [-0.1, -0.05) is 0 Å². The second kappa shape index (κ2) is 9.19. The summed E-state index contributed by atoms with van der Waals surface area (Å²) in [5, 5.41) is 0. The van der Waals surface area contributed by atoms with Crippen molar-refractivity contribution in [1.82, 2.24) is 0 Å². The second-order valence-electron chi connectivity index (χ2n) is 2.55. The molecule has 0 unspecified atom stereocenters. The fourth-order valence-electron chi connectivity index (χ4n) is 0.613. The Bertz CT molecular complexity index is 261. The van der Waals surface area contributed by atoms with E-state index in [0.29, 0.717) is 13.2 Å². The van der Waals surface area contributed by atoms with Gasteiger partial charge in [0.1, 0.15) is 6.61 Å². The Hall–Kier alpha value is -1.38. The lowest BCUT2D eigenvalue weighted by Gasteiger charge is -2.02. The Morgan fingerprint density at radius 3 is 2.33 bits per heavy atom. The third-order valence-electron chi connectivity index (χ3n) is 1.23. The molecule has 0 rings (SSSR count). The molecule has 0 bridgehead atoms. The van der Waals surface area contributed by atoms with Gasteiger partial charge in [0.15, 0.2) is 0 Å². The van der Waals surface area contributed by atoms with Crippen LogP contribution < -0.4 is 0 Å². The van der Waals surface area contributed by atoms with Crippen LogP contribution in [0.3, 0.4) is 0 Å². The molecule has 0 N–H and O–H groups in total. The van der Waals surface area contributed by atoms with Crippen LogP contribution in [0.15, 0.2) is 0 Å². The Kier molecular flexibility index (Phi) is 8.34. The highest BCUT2D eigenvalue weighted by Crippen LogP contribution is 1.80. The standard InChI is InChI=1S/C10H14O5/c1-9(11)3-4-10(12)15-8-7-14-6-5-13-2/h5-8H2,1-2H3. The molecule has 0 saturated carbocycles. The van der Waals surface area contributed by atoms with Crippen LogP contribution in [0.4, 0.5) is 0 Å². The van der Waals surface area contributed by atoms with Crippen molar-refractivity contribution in [1.29, 1.82) is 0 Å². The zero-order chi connectivity index (χ0) is 11.5. The lowest BCUT2D eigenvalue weighted by Crippen LogP contribution is -2.11. The highest BCUT2D eigenvalue weighted by atomic mass is 16.6. The first-order chi connectivity index (χ1) is 7.16. The van der Waals surface area contributed by atoms with Crippen molar-refractivity contribution in [3.05, 3.63) is 0 Å². The molecule has 0 spiro atoms. The first-order valence-corrected chi connectivity index (χ1v) is 4.43. The van der Waals surface area contributed by atoms with Gasteiger partial charge in [-0.15, -0.1) is 0 Å². The molecule has 0 aromatic heterocycles. The van der Waals surface area contributed by atoms with E-state index in [0.717, 1.165) is 0 Å². The summed E-state index contributed by atoms with van der Waals surface area (Å²) in [7, 11) is 1.57. The molecule has 0 aromatic rings. The number of hydrogen-bond acceptors (Lipinski definition) is 5. The number of esters is 1. The van der Waals surface area contributed by atoms with Crippen LogP contribution in [-0.2, 0) is 23.8 Å². The predicted octanol–water partition coefficient (Wildman–Crippen LogP) is -0.215. The van der Waals surface area contributed by atoms with E-state index in [1.54, 1.807) is 7.11 Å². The summed E-state index contributed by atoms with van der Waals surface area (Å²) in [6, 6.07) is 0. The lowest BCUT2D eigenvalue weighted by molar-refractivity contribution is -0.138. The third kappa shape index (κ3) is 10.5. The summed E-state index contributed by atoms with van der Waals surface area (Å²) in [4.78, 5) is 21.2. The molecule has 0 aliphatic rings. The maximum atomic E-state index is 10.8. The van der Waals surface area contributed by atoms with Gasteiger partial charge < -0.3 is 14.2 Å². The summed E-state index contributed by atoms with van der Waals surface area (Å²) in [5.41, 5.74) is 0. The van der Waals surface area contributed by atoms with Gasteiger partial charge in [-0.3, -0.25) is 4.79 Å². The molecule has 0 heterocycles. The third-order valence-corrected chi connectivity index (χ3v) is 1.23. The molecule has 0 fully saturated rings. The number of hydrogen-bond donors (Lipinski definition) is 0. The summed E-state index contributed by atoms with van der Waals surface area (Å²) >= 11 is 0. The Morgan fingerprint density at radius 2 is 1.73 bits per heavy atom. The lowest BCUT2D eigenvalue weighted by atomic mass is 10.4. The monoisotopic (exact) mass is 214 g/mol. The van der Waals surface area contributed by atoms with Crippen LogP contribution in [0.5, 0.6) is 0 Å². The number of carbonyl (C=O) groups excluding carboxylic acids is 2. The normalized spacial score (nSPS) is 8.93. The average Bonchev–Trinajstić information content (AvgIpc) is 2.20. The van der Waals surface area contributed by atoms with Crippen LogP contribution in [0.1, 0.15) is 6.92 Å². The number of rotatable bonds is 6. The molecule has 0 amide bonds. The van der Waals surface area contributed by atoms with Crippen molar-refractivity contribution in [3.8, 4) is 11.8 Å². The van der Waals surface area contributed by atoms with Crippen LogP contribution in [0.25, 0.3) is 0 Å². The van der Waals surface area contributed by atoms with Crippen LogP contribution in [-0.4, -0.2) is 45.3 Å². The Labute approximate surface area is 88.7 Å². The molecule has 5 nitrogen and oxygen atoms in total. The minimum Gasteiger partial charge on any atom is -0.454 e. The van der Waals surface area contributed by atoms with Crippen LogP contribution in [0, 0.1) is 11.8 Å². The molecule has 0 aliphatic heterocycles. The number of ketones is 1. The molecular formula is C10H14O5. The SMILES string of the molecule is COCCOCCOC(=O)C#CC(C)=O. The van der Waals surface area contributed by atoms with Gasteiger partial charge in [-0.2, -0.15) is 0 Å². The number of Topliss-reactive ketones (excluding diaryl/α,β-unsaturated/α-hetero) is 1. The molecule has 0 aromatic carbocycles. The molecule has 84 valence electrons. The Morgan fingerprint density at radius 1 is 1.07 bits per heavy atom. The first-order valence-electron chi connectivity index (χ1n) is 4.43. The quantitative estimate of drug-likeness (QED) is 0.201. The molecular weight excluding hydrogens is 200 g/mol. The zero-order valence-electron chi connectivity index (χ0n) is 8.87. The van der Waals surface area contributed by atoms with Gasteiger partial charge in [-0.25, -0.2) is 4.79 Å². The van der Waals surface area contributed by atoms with Gasteiger partial charge >= 0.3 is 5.97 Å². The predicted molar refractivity (Wildman–Crippen MR) is 52.1 cm³/mol. The van der Waals surface area contributed by atoms with Crippen molar-refractivity contribution in [2.45, 2.75) is 6.92 Å². The van der Waals surface area contributed by atoms with E-state index in [4.69, 9.17) is 9.47 Å². The van der Waals surface area contributed by atoms with E-state index in [1.165, 1.54) is 6.92 Å². The van der Waals surface area contributed by atoms with Crippen molar-refractivity contribution in [2.24, 2.45) is 0 Å². The second-order valence-corrected chi connectivity index (χ2v) is 2.55. The summed E-state index contributed by atoms with van der Waals surface area (Å²) < 4.78 is 14.4. The highest BCUT2D eigenvalue weighted by Gasteiger charge is 1.96. The summed E-state index contributed by atoms with van der Waals surface area (Å²) in [6.45, 7) is 2.63. The van der Waals surface area contributed by atoms with E-state index in [9.17, 15) is 9.59 Å². The van der Waals surface area contributed by atoms with Gasteiger partial charge in [-0.05, 0) is 5.92 Å². The Balaban J connectivity index is 3.41. The smallest absolute Gasteiger partial charge is 0.384 e. The van der Waals surface area contributed by atoms with Crippen molar-refractivity contribution < 1.29 is 23.8 Å². The molecule has 15 heavy (non-hydrogen) atoms. The van der Waals surface area contributed by atoms with Crippen LogP contribution in [0.2, 0.25) is 0 Å². The topological polar surface area (TPSA) is 61.8 Å². The number of methoxy groups -OCH3 is 1. The summed E-state index contributed by atoms with van der Waals surface area (Å²) in [6.07, 6.45) is 0. The van der Waals surface area contributed by atoms with E-state index >= 15 is 0 Å². The van der Waals surface area contributed by atoms with E-state index in [1.807, 2.05) is 5.92 Å². The zero-order valence-corrected chi connectivity index (χ0v) is 8.87. The fraction of sp³-hybridized carbons (Fsp3) is 0.600. The summed E-state index contributed by atoms with van der Waals surface area (Å²) in [5.74, 6) is 3.03. The molecule has 0 aliphatic carbocycles. The number of carbonyl (C=O) groups is 2. The molecule has 0 radical (unpaired) electrons. The minimum atomic E-state index is -0.722. The van der Waals surface area contributed by atoms with Crippen molar-refractivity contribution in [3.63, 3.8) is 0 Å². The maximum absolute atomic E-state index is 10.8. The molecule has 0 atom stereocenters. The van der Waals surface area contributed by atoms with Crippen molar-refractivity contribution >= 4 is 11.8 Å². The van der Waals surface area contributed by atoms with Gasteiger partial charge in [0.2, 0.25) is 5.78 Å². The molecule has 5 heteroatoms. The minimum absolute atomic E-state index is 0.120. The first kappa shape index (κ1) is 13.6. The largest absolute Gasteiger partial charge is 0.454 e. The molecule has 0 saturated heterocycles. The number of ether oxygens (including phenoxy) is 3. The van der Waals surface area contributed by atoms with Crippen molar-refractivity contribution in [2.75, 3.05) is 33.5 Å². The van der Waals surface area contributed by atoms with E-state index in [-0.39, 0.29) is 19.0 Å². The van der Waals surface area contributed by atoms with Gasteiger partial charge in [0, 0.05) is 20.0 Å². The van der Waals surface area contributed by atoms with E-state index < -0.39 is 5.97 Å². The van der Waals surface area contributed by atoms with Gasteiger partial charge in [0.05, 0.1) is 19.8 Å². The highest BCUT2D eigenvalue weighted by molar-refractivity contribution is 6.00. The fourth-order valence-corrected chi connectivity index (χ4v) is 0.613. The van der Waals surface area contributed by atoms with Gasteiger partial charge in [0.25, 0.3) is 0 Å². The van der Waals surface area contributed by atoms with E-state index in [2.05, 4.69) is 10.7 Å². The average molecular weight is 214 g/mol.